The van der Waals surface area contributed by atoms with E-state index in [0.717, 1.165) is 12.8 Å². The molecule has 0 N–H and O–H groups in total. The Morgan fingerprint density at radius 2 is 1.95 bits per heavy atom. The van der Waals surface area contributed by atoms with Crippen molar-refractivity contribution in [2.24, 2.45) is 0 Å². The highest BCUT2D eigenvalue weighted by molar-refractivity contribution is 7.88. The van der Waals surface area contributed by atoms with Gasteiger partial charge in [-0.15, -0.1) is 0 Å². The maximum Gasteiger partial charge on any atom is 0.269 e. The minimum absolute atomic E-state index is 0.00129. The van der Waals surface area contributed by atoms with Crippen LogP contribution >= 0.6 is 0 Å². The molecule has 1 saturated carbocycles. The van der Waals surface area contributed by atoms with E-state index < -0.39 is 14.9 Å². The molecule has 0 amide bonds. The van der Waals surface area contributed by atoms with Gasteiger partial charge in [0.25, 0.3) is 5.69 Å². The molecule has 0 aliphatic heterocycles. The molecule has 0 spiro atoms. The van der Waals surface area contributed by atoms with Crippen molar-refractivity contribution in [3.8, 4) is 6.07 Å². The van der Waals surface area contributed by atoms with Crippen LogP contribution in [0.1, 0.15) is 24.8 Å². The molecule has 1 aliphatic carbocycles. The van der Waals surface area contributed by atoms with Crippen LogP contribution in [0.4, 0.5) is 5.69 Å². The van der Waals surface area contributed by atoms with E-state index in [-0.39, 0.29) is 30.4 Å². The summed E-state index contributed by atoms with van der Waals surface area (Å²) >= 11 is 0. The van der Waals surface area contributed by atoms with E-state index >= 15 is 0 Å². The van der Waals surface area contributed by atoms with Gasteiger partial charge in [0.05, 0.1) is 16.7 Å². The predicted molar refractivity (Wildman–Crippen MR) is 75.7 cm³/mol. The second kappa shape index (κ2) is 6.20. The molecular weight excluding hydrogens is 294 g/mol. The largest absolute Gasteiger partial charge is 0.269 e. The molecule has 0 aromatic heterocycles. The Hall–Kier alpha value is -1.98. The Labute approximate surface area is 123 Å². The fourth-order valence-electron chi connectivity index (χ4n) is 2.08. The molecule has 0 unspecified atom stereocenters. The summed E-state index contributed by atoms with van der Waals surface area (Å²) < 4.78 is 26.2. The molecule has 21 heavy (non-hydrogen) atoms. The van der Waals surface area contributed by atoms with Crippen LogP contribution in [0.2, 0.25) is 0 Å². The smallest absolute Gasteiger partial charge is 0.258 e. The third-order valence-electron chi connectivity index (χ3n) is 3.25. The molecule has 0 heterocycles. The van der Waals surface area contributed by atoms with Crippen molar-refractivity contribution < 1.29 is 13.3 Å². The molecule has 8 heteroatoms. The van der Waals surface area contributed by atoms with Crippen molar-refractivity contribution in [1.82, 2.24) is 4.31 Å². The second-order valence-electron chi connectivity index (χ2n) is 4.93. The number of rotatable bonds is 7. The average Bonchev–Trinajstić information content (AvgIpc) is 3.23. The number of sulfonamides is 1. The van der Waals surface area contributed by atoms with Gasteiger partial charge >= 0.3 is 0 Å². The van der Waals surface area contributed by atoms with Gasteiger partial charge in [0.15, 0.2) is 0 Å². The van der Waals surface area contributed by atoms with Gasteiger partial charge in [-0.2, -0.15) is 9.57 Å². The molecule has 1 aliphatic rings. The monoisotopic (exact) mass is 309 g/mol. The Balaban J connectivity index is 2.11. The van der Waals surface area contributed by atoms with Gasteiger partial charge in [0, 0.05) is 31.1 Å². The topological polar surface area (TPSA) is 104 Å². The number of benzene rings is 1. The zero-order valence-corrected chi connectivity index (χ0v) is 12.1. The molecule has 1 aromatic carbocycles. The quantitative estimate of drug-likeness (QED) is 0.564. The molecule has 0 radical (unpaired) electrons. The molecule has 112 valence electrons. The first kappa shape index (κ1) is 15.4. The maximum atomic E-state index is 12.4. The van der Waals surface area contributed by atoms with E-state index in [1.807, 2.05) is 6.07 Å². The number of nitriles is 1. The second-order valence-corrected chi connectivity index (χ2v) is 6.85. The summed E-state index contributed by atoms with van der Waals surface area (Å²) in [6.07, 6.45) is 1.81. The molecule has 7 nitrogen and oxygen atoms in total. The Morgan fingerprint density at radius 1 is 1.33 bits per heavy atom. The van der Waals surface area contributed by atoms with Crippen LogP contribution in [0.3, 0.4) is 0 Å². The lowest BCUT2D eigenvalue weighted by atomic mass is 10.2. The summed E-state index contributed by atoms with van der Waals surface area (Å²) in [5.74, 6) is -0.201. The molecular formula is C13H15N3O4S. The molecule has 0 saturated heterocycles. The Kier molecular flexibility index (Phi) is 4.55. The van der Waals surface area contributed by atoms with Crippen LogP contribution in [0.25, 0.3) is 0 Å². The summed E-state index contributed by atoms with van der Waals surface area (Å²) in [6, 6.07) is 7.44. The van der Waals surface area contributed by atoms with Crippen LogP contribution in [0.15, 0.2) is 24.3 Å². The van der Waals surface area contributed by atoms with Gasteiger partial charge in [-0.05, 0) is 18.4 Å². The van der Waals surface area contributed by atoms with E-state index in [0.29, 0.717) is 5.56 Å². The lowest BCUT2D eigenvalue weighted by Gasteiger charge is -2.20. The lowest BCUT2D eigenvalue weighted by molar-refractivity contribution is -0.384. The molecule has 0 bridgehead atoms. The van der Waals surface area contributed by atoms with Gasteiger partial charge in [0.1, 0.15) is 0 Å². The highest BCUT2D eigenvalue weighted by Gasteiger charge is 2.36. The van der Waals surface area contributed by atoms with Crippen LogP contribution in [0.5, 0.6) is 0 Å². The van der Waals surface area contributed by atoms with E-state index in [4.69, 9.17) is 5.26 Å². The predicted octanol–water partition coefficient (Wildman–Crippen LogP) is 1.80. The summed E-state index contributed by atoms with van der Waals surface area (Å²) in [7, 11) is -3.51. The van der Waals surface area contributed by atoms with E-state index in [1.165, 1.54) is 28.6 Å². The summed E-state index contributed by atoms with van der Waals surface area (Å²) in [5, 5.41) is 19.2. The van der Waals surface area contributed by atoms with Crippen molar-refractivity contribution in [2.45, 2.75) is 31.1 Å². The molecule has 2 rings (SSSR count). The van der Waals surface area contributed by atoms with Crippen LogP contribution in [0, 0.1) is 21.4 Å². The first-order valence-corrected chi connectivity index (χ1v) is 8.15. The summed E-state index contributed by atoms with van der Waals surface area (Å²) in [5.41, 5.74) is 0.433. The number of hydrogen-bond donors (Lipinski definition) is 0. The van der Waals surface area contributed by atoms with Gasteiger partial charge in [-0.25, -0.2) is 8.42 Å². The highest BCUT2D eigenvalue weighted by Crippen LogP contribution is 2.30. The van der Waals surface area contributed by atoms with Gasteiger partial charge in [0.2, 0.25) is 10.0 Å². The summed E-state index contributed by atoms with van der Waals surface area (Å²) in [4.78, 5) is 10.0. The zero-order chi connectivity index (χ0) is 15.5. The standard InChI is InChI=1S/C13H15N3O4S/c14-8-1-9-15(12-6-7-12)21(19,20)10-11-2-4-13(5-3-11)16(17)18/h2-5,12H,1,6-7,9-10H2. The maximum absolute atomic E-state index is 12.4. The first-order chi connectivity index (χ1) is 9.94. The van der Waals surface area contributed by atoms with Crippen molar-refractivity contribution in [1.29, 1.82) is 5.26 Å². The van der Waals surface area contributed by atoms with Crippen molar-refractivity contribution in [3.05, 3.63) is 39.9 Å². The number of nitro groups is 1. The molecule has 1 fully saturated rings. The number of nitrogens with zero attached hydrogens (tertiary/aromatic N) is 3. The molecule has 1 aromatic rings. The Bertz CT molecular complexity index is 660. The zero-order valence-electron chi connectivity index (χ0n) is 11.3. The first-order valence-electron chi connectivity index (χ1n) is 6.54. The van der Waals surface area contributed by atoms with Crippen molar-refractivity contribution >= 4 is 15.7 Å². The van der Waals surface area contributed by atoms with Gasteiger partial charge in [-0.3, -0.25) is 10.1 Å². The summed E-state index contributed by atoms with van der Waals surface area (Å²) in [6.45, 7) is 0.205. The highest BCUT2D eigenvalue weighted by atomic mass is 32.2. The fourth-order valence-corrected chi connectivity index (χ4v) is 3.89. The number of hydrogen-bond acceptors (Lipinski definition) is 5. The Morgan fingerprint density at radius 3 is 2.43 bits per heavy atom. The van der Waals surface area contributed by atoms with E-state index in [2.05, 4.69) is 0 Å². The van der Waals surface area contributed by atoms with E-state index in [1.54, 1.807) is 0 Å². The average molecular weight is 309 g/mol. The van der Waals surface area contributed by atoms with Crippen molar-refractivity contribution in [3.63, 3.8) is 0 Å². The minimum Gasteiger partial charge on any atom is -0.258 e. The normalized spacial score (nSPS) is 14.9. The third-order valence-corrected chi connectivity index (χ3v) is 5.15. The SMILES string of the molecule is N#CCCN(C1CC1)S(=O)(=O)Cc1ccc([N+](=O)[O-])cc1. The van der Waals surface area contributed by atoms with Gasteiger partial charge < -0.3 is 0 Å². The lowest BCUT2D eigenvalue weighted by Crippen LogP contribution is -2.34. The van der Waals surface area contributed by atoms with E-state index in [9.17, 15) is 18.5 Å². The van der Waals surface area contributed by atoms with Crippen LogP contribution < -0.4 is 0 Å². The van der Waals surface area contributed by atoms with Crippen LogP contribution in [-0.4, -0.2) is 30.2 Å². The number of nitro benzene ring substituents is 1. The van der Waals surface area contributed by atoms with Gasteiger partial charge in [-0.1, -0.05) is 12.1 Å². The fraction of sp³-hybridized carbons (Fsp3) is 0.462. The number of non-ortho nitro benzene ring substituents is 1. The molecule has 0 atom stereocenters. The minimum atomic E-state index is -3.51. The van der Waals surface area contributed by atoms with Crippen molar-refractivity contribution in [2.75, 3.05) is 6.54 Å². The van der Waals surface area contributed by atoms with Crippen LogP contribution in [-0.2, 0) is 15.8 Å². The third kappa shape index (κ3) is 4.00.